The Bertz CT molecular complexity index is 686. The van der Waals surface area contributed by atoms with Crippen LogP contribution in [-0.2, 0) is 11.3 Å². The molecule has 0 atom stereocenters. The van der Waals surface area contributed by atoms with Gasteiger partial charge in [-0.2, -0.15) is 0 Å². The molecule has 1 aromatic heterocycles. The number of carbonyl (C=O) groups is 2. The van der Waals surface area contributed by atoms with Crippen molar-refractivity contribution < 1.29 is 19.1 Å². The van der Waals surface area contributed by atoms with Crippen LogP contribution in [0.2, 0.25) is 4.34 Å². The number of carbonyl (C=O) groups excluding carboxylic acids is 2. The van der Waals surface area contributed by atoms with Crippen LogP contribution in [0.4, 0.5) is 0 Å². The van der Waals surface area contributed by atoms with E-state index in [9.17, 15) is 9.59 Å². The summed E-state index contributed by atoms with van der Waals surface area (Å²) in [6.45, 7) is 2.53. The van der Waals surface area contributed by atoms with Crippen molar-refractivity contribution >= 4 is 35.1 Å². The first-order valence-electron chi connectivity index (χ1n) is 6.98. The Hall–Kier alpha value is -2.05. The third-order valence-electron chi connectivity index (χ3n) is 2.85. The van der Waals surface area contributed by atoms with Gasteiger partial charge in [0.15, 0.2) is 18.1 Å². The molecule has 0 spiro atoms. The third kappa shape index (κ3) is 5.26. The van der Waals surface area contributed by atoms with Crippen molar-refractivity contribution in [3.05, 3.63) is 45.1 Å². The van der Waals surface area contributed by atoms with E-state index in [4.69, 9.17) is 21.1 Å². The standard InChI is InChI=1S/C16H16ClNO4S/c1-2-21-14-7-11(9-19)3-5-13(14)22-10-16(20)18-8-12-4-6-15(17)23-12/h3-7,9H,2,8,10H2,1H3,(H,18,20). The second kappa shape index (κ2) is 8.55. The summed E-state index contributed by atoms with van der Waals surface area (Å²) in [5, 5.41) is 2.75. The summed E-state index contributed by atoms with van der Waals surface area (Å²) in [4.78, 5) is 23.6. The van der Waals surface area contributed by atoms with Crippen LogP contribution in [0.5, 0.6) is 11.5 Å². The summed E-state index contributed by atoms with van der Waals surface area (Å²) in [6, 6.07) is 8.45. The van der Waals surface area contributed by atoms with E-state index in [1.165, 1.54) is 11.3 Å². The molecule has 7 heteroatoms. The average Bonchev–Trinajstić information content (AvgIpc) is 2.97. The highest BCUT2D eigenvalue weighted by Crippen LogP contribution is 2.28. The van der Waals surface area contributed by atoms with E-state index in [-0.39, 0.29) is 12.5 Å². The molecule has 0 aliphatic heterocycles. The third-order valence-corrected chi connectivity index (χ3v) is 4.08. The van der Waals surface area contributed by atoms with Crippen LogP contribution < -0.4 is 14.8 Å². The van der Waals surface area contributed by atoms with Gasteiger partial charge in [-0.05, 0) is 37.3 Å². The van der Waals surface area contributed by atoms with E-state index in [0.29, 0.717) is 34.6 Å². The molecule has 2 aromatic rings. The van der Waals surface area contributed by atoms with Crippen molar-refractivity contribution in [3.63, 3.8) is 0 Å². The van der Waals surface area contributed by atoms with E-state index in [0.717, 1.165) is 11.2 Å². The van der Waals surface area contributed by atoms with Crippen LogP contribution in [0, 0.1) is 0 Å². The number of benzene rings is 1. The van der Waals surface area contributed by atoms with Gasteiger partial charge in [-0.3, -0.25) is 9.59 Å². The molecule has 0 bridgehead atoms. The lowest BCUT2D eigenvalue weighted by Gasteiger charge is -2.12. The fourth-order valence-corrected chi connectivity index (χ4v) is 2.84. The minimum absolute atomic E-state index is 0.139. The van der Waals surface area contributed by atoms with Crippen LogP contribution in [0.25, 0.3) is 0 Å². The maximum Gasteiger partial charge on any atom is 0.258 e. The Kier molecular flexibility index (Phi) is 6.43. The second-order valence-corrected chi connectivity index (χ2v) is 6.33. The monoisotopic (exact) mass is 353 g/mol. The van der Waals surface area contributed by atoms with Gasteiger partial charge in [0.25, 0.3) is 5.91 Å². The zero-order valence-corrected chi connectivity index (χ0v) is 14.1. The lowest BCUT2D eigenvalue weighted by molar-refractivity contribution is -0.123. The molecule has 0 fully saturated rings. The highest BCUT2D eigenvalue weighted by molar-refractivity contribution is 7.16. The Morgan fingerprint density at radius 2 is 2.09 bits per heavy atom. The smallest absolute Gasteiger partial charge is 0.258 e. The second-order valence-electron chi connectivity index (χ2n) is 4.53. The van der Waals surface area contributed by atoms with Crippen molar-refractivity contribution in [3.8, 4) is 11.5 Å². The topological polar surface area (TPSA) is 64.6 Å². The molecule has 1 aromatic carbocycles. The lowest BCUT2D eigenvalue weighted by Crippen LogP contribution is -2.28. The van der Waals surface area contributed by atoms with Crippen molar-refractivity contribution in [1.82, 2.24) is 5.32 Å². The number of hydrogen-bond acceptors (Lipinski definition) is 5. The molecule has 1 amide bonds. The molecule has 0 aliphatic rings. The molecule has 0 saturated heterocycles. The molecule has 23 heavy (non-hydrogen) atoms. The van der Waals surface area contributed by atoms with Crippen molar-refractivity contribution in [2.75, 3.05) is 13.2 Å². The summed E-state index contributed by atoms with van der Waals surface area (Å²) in [5.74, 6) is 0.609. The van der Waals surface area contributed by atoms with Gasteiger partial charge in [0, 0.05) is 10.4 Å². The molecule has 1 N–H and O–H groups in total. The Morgan fingerprint density at radius 1 is 1.26 bits per heavy atom. The summed E-state index contributed by atoms with van der Waals surface area (Å²) in [6.07, 6.45) is 0.727. The molecule has 1 heterocycles. The molecule has 0 saturated carbocycles. The Morgan fingerprint density at radius 3 is 2.74 bits per heavy atom. The number of halogens is 1. The average molecular weight is 354 g/mol. The number of thiophene rings is 1. The maximum absolute atomic E-state index is 11.8. The highest BCUT2D eigenvalue weighted by Gasteiger charge is 2.09. The maximum atomic E-state index is 11.8. The minimum atomic E-state index is -0.253. The zero-order chi connectivity index (χ0) is 16.7. The van der Waals surface area contributed by atoms with Crippen molar-refractivity contribution in [2.24, 2.45) is 0 Å². The first kappa shape index (κ1) is 17.3. The van der Waals surface area contributed by atoms with Gasteiger partial charge in [0.1, 0.15) is 6.29 Å². The van der Waals surface area contributed by atoms with Crippen LogP contribution in [0.15, 0.2) is 30.3 Å². The molecule has 2 rings (SSSR count). The van der Waals surface area contributed by atoms with Crippen molar-refractivity contribution in [1.29, 1.82) is 0 Å². The van der Waals surface area contributed by atoms with E-state index < -0.39 is 0 Å². The molecule has 5 nitrogen and oxygen atoms in total. The van der Waals surface area contributed by atoms with Crippen LogP contribution in [0.3, 0.4) is 0 Å². The minimum Gasteiger partial charge on any atom is -0.490 e. The first-order chi connectivity index (χ1) is 11.1. The highest BCUT2D eigenvalue weighted by atomic mass is 35.5. The number of nitrogens with one attached hydrogen (secondary N) is 1. The Balaban J connectivity index is 1.89. The first-order valence-corrected chi connectivity index (χ1v) is 8.17. The van der Waals surface area contributed by atoms with Crippen LogP contribution >= 0.6 is 22.9 Å². The van der Waals surface area contributed by atoms with Gasteiger partial charge in [0.2, 0.25) is 0 Å². The number of ether oxygens (including phenoxy) is 2. The van der Waals surface area contributed by atoms with Gasteiger partial charge >= 0.3 is 0 Å². The van der Waals surface area contributed by atoms with E-state index in [2.05, 4.69) is 5.32 Å². The normalized spacial score (nSPS) is 10.2. The fourth-order valence-electron chi connectivity index (χ4n) is 1.81. The fraction of sp³-hybridized carbons (Fsp3) is 0.250. The van der Waals surface area contributed by atoms with Gasteiger partial charge < -0.3 is 14.8 Å². The molecule has 122 valence electrons. The molecular weight excluding hydrogens is 338 g/mol. The molecular formula is C16H16ClNO4S. The van der Waals surface area contributed by atoms with Gasteiger partial charge in [-0.15, -0.1) is 11.3 Å². The quantitative estimate of drug-likeness (QED) is 0.739. The van der Waals surface area contributed by atoms with Gasteiger partial charge in [-0.25, -0.2) is 0 Å². The Labute approximate surface area is 143 Å². The van der Waals surface area contributed by atoms with Crippen LogP contribution in [0.1, 0.15) is 22.2 Å². The molecule has 0 radical (unpaired) electrons. The van der Waals surface area contributed by atoms with E-state index >= 15 is 0 Å². The predicted molar refractivity (Wildman–Crippen MR) is 89.7 cm³/mol. The summed E-state index contributed by atoms with van der Waals surface area (Å²) >= 11 is 7.25. The summed E-state index contributed by atoms with van der Waals surface area (Å²) < 4.78 is 11.6. The molecule has 0 unspecified atom stereocenters. The van der Waals surface area contributed by atoms with E-state index in [1.54, 1.807) is 24.3 Å². The number of aldehydes is 1. The number of hydrogen-bond donors (Lipinski definition) is 1. The number of rotatable bonds is 8. The summed E-state index contributed by atoms with van der Waals surface area (Å²) in [5.41, 5.74) is 0.486. The lowest BCUT2D eigenvalue weighted by atomic mass is 10.2. The molecule has 0 aliphatic carbocycles. The largest absolute Gasteiger partial charge is 0.490 e. The van der Waals surface area contributed by atoms with Gasteiger partial charge in [0.05, 0.1) is 17.5 Å². The van der Waals surface area contributed by atoms with Crippen molar-refractivity contribution in [2.45, 2.75) is 13.5 Å². The van der Waals surface area contributed by atoms with Crippen LogP contribution in [-0.4, -0.2) is 25.4 Å². The zero-order valence-electron chi connectivity index (χ0n) is 12.5. The van der Waals surface area contributed by atoms with Gasteiger partial charge in [-0.1, -0.05) is 11.6 Å². The SMILES string of the molecule is CCOc1cc(C=O)ccc1OCC(=O)NCc1ccc(Cl)s1. The number of amides is 1. The predicted octanol–water partition coefficient (Wildman–Crippen LogP) is 3.31. The van der Waals surface area contributed by atoms with E-state index in [1.807, 2.05) is 13.0 Å². The summed E-state index contributed by atoms with van der Waals surface area (Å²) in [7, 11) is 0.